The number of aromatic nitrogens is 3. The van der Waals surface area contributed by atoms with Crippen LogP contribution in [0, 0.1) is 5.82 Å². The fourth-order valence-corrected chi connectivity index (χ4v) is 4.09. The molecular weight excluding hydrogens is 461 g/mol. The van der Waals surface area contributed by atoms with Crippen LogP contribution in [-0.2, 0) is 0 Å². The Kier molecular flexibility index (Phi) is 5.15. The molecule has 1 aliphatic rings. The maximum Gasteiger partial charge on any atom is 0.254 e. The number of fused-ring (bicyclic) bond motifs is 1. The summed E-state index contributed by atoms with van der Waals surface area (Å²) in [5, 5.41) is 8.55. The molecule has 1 saturated heterocycles. The number of carbonyl (C=O) groups is 1. The lowest BCUT2D eigenvalue weighted by atomic mass is 10.2. The maximum absolute atomic E-state index is 13.1. The monoisotopic (exact) mass is 479 g/mol. The van der Waals surface area contributed by atoms with Crippen LogP contribution in [0.3, 0.4) is 0 Å². The molecule has 0 radical (unpaired) electrons. The molecule has 0 bridgehead atoms. The highest BCUT2D eigenvalue weighted by Crippen LogP contribution is 2.22. The summed E-state index contributed by atoms with van der Waals surface area (Å²) >= 11 is 3.44. The summed E-state index contributed by atoms with van der Waals surface area (Å²) in [6.45, 7) is 2.63. The fourth-order valence-electron chi connectivity index (χ4n) is 3.82. The first kappa shape index (κ1) is 19.7. The van der Waals surface area contributed by atoms with Crippen molar-refractivity contribution in [2.24, 2.45) is 0 Å². The van der Waals surface area contributed by atoms with Gasteiger partial charge in [0, 0.05) is 53.7 Å². The molecule has 1 aliphatic heterocycles. The number of hydrogen-bond acceptors (Lipinski definition) is 4. The van der Waals surface area contributed by atoms with Gasteiger partial charge in [-0.25, -0.2) is 4.39 Å². The lowest BCUT2D eigenvalue weighted by Crippen LogP contribution is -2.48. The number of anilines is 1. The first-order valence-electron chi connectivity index (χ1n) is 9.99. The van der Waals surface area contributed by atoms with Gasteiger partial charge in [-0.05, 0) is 48.5 Å². The van der Waals surface area contributed by atoms with Gasteiger partial charge in [0.25, 0.3) is 5.91 Å². The SMILES string of the molecule is O=C(c1ccn2c(-c3ccc(Br)cc3)nnc2c1)N1CCN(c2ccc(F)cc2)CC1. The third kappa shape index (κ3) is 3.90. The van der Waals surface area contributed by atoms with Crippen molar-refractivity contribution in [2.75, 3.05) is 31.1 Å². The minimum absolute atomic E-state index is 0.0190. The van der Waals surface area contributed by atoms with E-state index < -0.39 is 0 Å². The van der Waals surface area contributed by atoms with Crippen LogP contribution in [0.15, 0.2) is 71.3 Å². The molecule has 5 rings (SSSR count). The van der Waals surface area contributed by atoms with Crippen LogP contribution in [0.1, 0.15) is 10.4 Å². The average Bonchev–Trinajstić information content (AvgIpc) is 3.23. The fraction of sp³-hybridized carbons (Fsp3) is 0.174. The first-order valence-corrected chi connectivity index (χ1v) is 10.8. The summed E-state index contributed by atoms with van der Waals surface area (Å²) < 4.78 is 16.0. The summed E-state index contributed by atoms with van der Waals surface area (Å²) in [5.41, 5.74) is 3.15. The predicted octanol–water partition coefficient (Wildman–Crippen LogP) is 4.26. The van der Waals surface area contributed by atoms with Crippen LogP contribution in [0.25, 0.3) is 17.0 Å². The van der Waals surface area contributed by atoms with Crippen molar-refractivity contribution in [2.45, 2.75) is 0 Å². The van der Waals surface area contributed by atoms with E-state index in [9.17, 15) is 9.18 Å². The molecule has 3 heterocycles. The normalized spacial score (nSPS) is 14.3. The number of pyridine rings is 1. The van der Waals surface area contributed by atoms with Gasteiger partial charge in [-0.2, -0.15) is 0 Å². The van der Waals surface area contributed by atoms with Gasteiger partial charge >= 0.3 is 0 Å². The Morgan fingerprint density at radius 2 is 1.61 bits per heavy atom. The smallest absolute Gasteiger partial charge is 0.254 e. The third-order valence-electron chi connectivity index (χ3n) is 5.52. The predicted molar refractivity (Wildman–Crippen MR) is 121 cm³/mol. The van der Waals surface area contributed by atoms with Gasteiger partial charge in [0.1, 0.15) is 5.82 Å². The van der Waals surface area contributed by atoms with Crippen molar-refractivity contribution < 1.29 is 9.18 Å². The zero-order valence-corrected chi connectivity index (χ0v) is 18.2. The molecule has 0 unspecified atom stereocenters. The van der Waals surface area contributed by atoms with Crippen LogP contribution >= 0.6 is 15.9 Å². The Labute approximate surface area is 187 Å². The molecule has 8 heteroatoms. The molecule has 1 fully saturated rings. The van der Waals surface area contributed by atoms with E-state index in [1.807, 2.05) is 45.8 Å². The lowest BCUT2D eigenvalue weighted by molar-refractivity contribution is 0.0747. The van der Waals surface area contributed by atoms with E-state index in [0.29, 0.717) is 37.4 Å². The van der Waals surface area contributed by atoms with Gasteiger partial charge < -0.3 is 9.80 Å². The van der Waals surface area contributed by atoms with Gasteiger partial charge in [0.2, 0.25) is 0 Å². The Bertz CT molecular complexity index is 1230. The number of piperazine rings is 1. The molecule has 0 atom stereocenters. The summed E-state index contributed by atoms with van der Waals surface area (Å²) in [5.74, 6) is 0.466. The maximum atomic E-state index is 13.1. The van der Waals surface area contributed by atoms with Crippen LogP contribution in [-0.4, -0.2) is 51.6 Å². The number of rotatable bonds is 3. The number of hydrogen-bond donors (Lipinski definition) is 0. The van der Waals surface area contributed by atoms with E-state index >= 15 is 0 Å². The molecule has 2 aromatic carbocycles. The van der Waals surface area contributed by atoms with Crippen molar-refractivity contribution in [3.63, 3.8) is 0 Å². The standard InChI is InChI=1S/C23H19BrFN5O/c24-18-3-1-16(2-4-18)22-27-26-21-15-17(9-10-30(21)22)23(31)29-13-11-28(12-14-29)20-7-5-19(25)6-8-20/h1-10,15H,11-14H2. The Morgan fingerprint density at radius 3 is 2.32 bits per heavy atom. The third-order valence-corrected chi connectivity index (χ3v) is 6.05. The summed E-state index contributed by atoms with van der Waals surface area (Å²) in [7, 11) is 0. The Morgan fingerprint density at radius 1 is 0.903 bits per heavy atom. The summed E-state index contributed by atoms with van der Waals surface area (Å²) in [4.78, 5) is 17.0. The summed E-state index contributed by atoms with van der Waals surface area (Å²) in [6.07, 6.45) is 1.84. The second kappa shape index (κ2) is 8.11. The second-order valence-corrected chi connectivity index (χ2v) is 8.35. The van der Waals surface area contributed by atoms with Crippen molar-refractivity contribution >= 4 is 33.2 Å². The summed E-state index contributed by atoms with van der Waals surface area (Å²) in [6, 6.07) is 17.9. The van der Waals surface area contributed by atoms with Crippen molar-refractivity contribution in [3.05, 3.63) is 82.7 Å². The first-order chi connectivity index (χ1) is 15.1. The Balaban J connectivity index is 1.31. The minimum Gasteiger partial charge on any atom is -0.368 e. The molecule has 6 nitrogen and oxygen atoms in total. The van der Waals surface area contributed by atoms with E-state index in [-0.39, 0.29) is 11.7 Å². The van der Waals surface area contributed by atoms with Gasteiger partial charge in [-0.15, -0.1) is 10.2 Å². The van der Waals surface area contributed by atoms with Gasteiger partial charge in [-0.1, -0.05) is 28.1 Å². The molecule has 156 valence electrons. The quantitative estimate of drug-likeness (QED) is 0.440. The number of nitrogens with zero attached hydrogens (tertiary/aromatic N) is 5. The minimum atomic E-state index is -0.246. The molecule has 2 aromatic heterocycles. The average molecular weight is 480 g/mol. The molecule has 1 amide bonds. The van der Waals surface area contributed by atoms with Crippen LogP contribution in [0.4, 0.5) is 10.1 Å². The molecule has 0 spiro atoms. The highest BCUT2D eigenvalue weighted by molar-refractivity contribution is 9.10. The van der Waals surface area contributed by atoms with Crippen molar-refractivity contribution in [1.29, 1.82) is 0 Å². The zero-order valence-electron chi connectivity index (χ0n) is 16.6. The second-order valence-electron chi connectivity index (χ2n) is 7.43. The van der Waals surface area contributed by atoms with E-state index in [0.717, 1.165) is 21.5 Å². The van der Waals surface area contributed by atoms with Crippen molar-refractivity contribution in [1.82, 2.24) is 19.5 Å². The van der Waals surface area contributed by atoms with E-state index in [4.69, 9.17) is 0 Å². The van der Waals surface area contributed by atoms with Gasteiger partial charge in [0.15, 0.2) is 11.5 Å². The van der Waals surface area contributed by atoms with E-state index in [2.05, 4.69) is 31.0 Å². The largest absolute Gasteiger partial charge is 0.368 e. The number of halogens is 2. The lowest BCUT2D eigenvalue weighted by Gasteiger charge is -2.36. The topological polar surface area (TPSA) is 53.7 Å². The van der Waals surface area contributed by atoms with Crippen LogP contribution in [0.5, 0.6) is 0 Å². The van der Waals surface area contributed by atoms with Crippen LogP contribution < -0.4 is 4.90 Å². The number of amides is 1. The molecule has 0 saturated carbocycles. The Hall–Kier alpha value is -3.26. The molecule has 0 N–H and O–H groups in total. The van der Waals surface area contributed by atoms with Crippen LogP contribution in [0.2, 0.25) is 0 Å². The molecule has 31 heavy (non-hydrogen) atoms. The van der Waals surface area contributed by atoms with Crippen molar-refractivity contribution in [3.8, 4) is 11.4 Å². The van der Waals surface area contributed by atoms with E-state index in [1.165, 1.54) is 12.1 Å². The molecular formula is C23H19BrFN5O. The highest BCUT2D eigenvalue weighted by atomic mass is 79.9. The molecule has 0 aliphatic carbocycles. The molecule has 4 aromatic rings. The zero-order chi connectivity index (χ0) is 21.4. The van der Waals surface area contributed by atoms with E-state index in [1.54, 1.807) is 18.2 Å². The highest BCUT2D eigenvalue weighted by Gasteiger charge is 2.23. The van der Waals surface area contributed by atoms with Gasteiger partial charge in [0.05, 0.1) is 0 Å². The number of carbonyl (C=O) groups excluding carboxylic acids is 1. The van der Waals surface area contributed by atoms with Gasteiger partial charge in [-0.3, -0.25) is 9.20 Å². The number of benzene rings is 2.